The van der Waals surface area contributed by atoms with E-state index in [1.807, 2.05) is 0 Å². The zero-order chi connectivity index (χ0) is 23.5. The maximum Gasteiger partial charge on any atom is 0.0219 e. The molecule has 0 saturated carbocycles. The van der Waals surface area contributed by atoms with Crippen molar-refractivity contribution in [2.24, 2.45) is 10.8 Å². The first-order chi connectivity index (χ1) is 15.0. The molecule has 0 spiro atoms. The van der Waals surface area contributed by atoms with Crippen molar-refractivity contribution in [1.29, 1.82) is 0 Å². The van der Waals surface area contributed by atoms with Gasteiger partial charge in [-0.25, -0.2) is 0 Å². The van der Waals surface area contributed by atoms with Crippen molar-refractivity contribution in [2.45, 2.75) is 93.4 Å². The van der Waals surface area contributed by atoms with Crippen LogP contribution in [0.3, 0.4) is 0 Å². The Balaban J connectivity index is 2.18. The standard InChI is InChI=1S/C32H42/c1-10-21-17-25(30(4,5)6)18-23-19-27-26(28(21)23)20-24(11-2)32(12-3,31(7,8)9)29(27)22-15-13-14-16-22/h13-15,17-20H,10-12,16H2,1-9H3. The van der Waals surface area contributed by atoms with Crippen molar-refractivity contribution in [3.63, 3.8) is 0 Å². The van der Waals surface area contributed by atoms with Crippen LogP contribution >= 0.6 is 0 Å². The van der Waals surface area contributed by atoms with Crippen LogP contribution in [-0.2, 0) is 11.8 Å². The summed E-state index contributed by atoms with van der Waals surface area (Å²) >= 11 is 0. The zero-order valence-corrected chi connectivity index (χ0v) is 21.9. The summed E-state index contributed by atoms with van der Waals surface area (Å²) in [6, 6.07) is 4.94. The van der Waals surface area contributed by atoms with Crippen molar-refractivity contribution >= 4 is 11.6 Å². The van der Waals surface area contributed by atoms with E-state index in [9.17, 15) is 0 Å². The minimum atomic E-state index is 0.0657. The van der Waals surface area contributed by atoms with Gasteiger partial charge in [0.1, 0.15) is 0 Å². The van der Waals surface area contributed by atoms with E-state index in [1.54, 1.807) is 11.1 Å². The maximum atomic E-state index is 2.59. The highest BCUT2D eigenvalue weighted by Gasteiger charge is 2.49. The molecule has 0 aromatic heterocycles. The van der Waals surface area contributed by atoms with Crippen LogP contribution < -0.4 is 10.4 Å². The zero-order valence-electron chi connectivity index (χ0n) is 21.9. The maximum absolute atomic E-state index is 2.59. The minimum absolute atomic E-state index is 0.0657. The van der Waals surface area contributed by atoms with Gasteiger partial charge in [0.2, 0.25) is 0 Å². The third-order valence-electron chi connectivity index (χ3n) is 8.20. The second-order valence-electron chi connectivity index (χ2n) is 11.9. The molecule has 4 rings (SSSR count). The lowest BCUT2D eigenvalue weighted by Crippen LogP contribution is -2.42. The molecule has 0 radical (unpaired) electrons. The monoisotopic (exact) mass is 426 g/mol. The van der Waals surface area contributed by atoms with E-state index in [0.29, 0.717) is 0 Å². The Hall–Kier alpha value is -2.08. The van der Waals surface area contributed by atoms with Crippen LogP contribution in [0.2, 0.25) is 0 Å². The molecule has 170 valence electrons. The molecule has 0 heteroatoms. The summed E-state index contributed by atoms with van der Waals surface area (Å²) in [5, 5.41) is 2.92. The highest BCUT2D eigenvalue weighted by atomic mass is 14.5. The molecule has 32 heavy (non-hydrogen) atoms. The van der Waals surface area contributed by atoms with Crippen molar-refractivity contribution < 1.29 is 0 Å². The number of fused-ring (bicyclic) bond motifs is 2. The molecule has 0 amide bonds. The van der Waals surface area contributed by atoms with Gasteiger partial charge in [0.25, 0.3) is 0 Å². The minimum Gasteiger partial charge on any atom is -0.0801 e. The molecule has 0 saturated heterocycles. The van der Waals surface area contributed by atoms with Gasteiger partial charge in [0, 0.05) is 5.41 Å². The molecular formula is C32H42. The summed E-state index contributed by atoms with van der Waals surface area (Å²) in [5.74, 6) is 0. The van der Waals surface area contributed by atoms with E-state index in [1.165, 1.54) is 38.3 Å². The van der Waals surface area contributed by atoms with E-state index < -0.39 is 0 Å². The largest absolute Gasteiger partial charge is 0.0801 e. The SMILES string of the molecule is CCC1=CC2=c3c(CC)cc(C(C)(C)C)cc3=CC2=C(C2=CC=CC2)C1(CC)C(C)(C)C. The van der Waals surface area contributed by atoms with Crippen LogP contribution in [0.1, 0.15) is 92.7 Å². The third kappa shape index (κ3) is 3.25. The first-order valence-corrected chi connectivity index (χ1v) is 12.7. The Bertz CT molecular complexity index is 1190. The van der Waals surface area contributed by atoms with E-state index in [2.05, 4.69) is 105 Å². The first kappa shape index (κ1) is 23.1. The van der Waals surface area contributed by atoms with Gasteiger partial charge in [-0.1, -0.05) is 104 Å². The summed E-state index contributed by atoms with van der Waals surface area (Å²) < 4.78 is 0. The molecule has 1 aromatic rings. The Morgan fingerprint density at radius 2 is 1.59 bits per heavy atom. The Morgan fingerprint density at radius 1 is 0.875 bits per heavy atom. The Morgan fingerprint density at radius 3 is 2.09 bits per heavy atom. The third-order valence-corrected chi connectivity index (χ3v) is 8.20. The normalized spacial score (nSPS) is 22.6. The lowest BCUT2D eigenvalue weighted by atomic mass is 9.52. The van der Waals surface area contributed by atoms with Gasteiger partial charge in [-0.15, -0.1) is 0 Å². The molecule has 1 aromatic carbocycles. The van der Waals surface area contributed by atoms with Crippen LogP contribution in [0.15, 0.2) is 58.7 Å². The van der Waals surface area contributed by atoms with Gasteiger partial charge >= 0.3 is 0 Å². The predicted octanol–water partition coefficient (Wildman–Crippen LogP) is 7.47. The second kappa shape index (κ2) is 7.75. The quantitative estimate of drug-likeness (QED) is 0.468. The van der Waals surface area contributed by atoms with Crippen LogP contribution in [0.4, 0.5) is 0 Å². The van der Waals surface area contributed by atoms with Crippen molar-refractivity contribution in [3.8, 4) is 0 Å². The Kier molecular flexibility index (Phi) is 5.60. The van der Waals surface area contributed by atoms with Gasteiger partial charge in [-0.3, -0.25) is 0 Å². The van der Waals surface area contributed by atoms with E-state index in [0.717, 1.165) is 25.7 Å². The summed E-state index contributed by atoms with van der Waals surface area (Å²) in [7, 11) is 0. The predicted molar refractivity (Wildman–Crippen MR) is 141 cm³/mol. The molecular weight excluding hydrogens is 384 g/mol. The van der Waals surface area contributed by atoms with E-state index in [4.69, 9.17) is 0 Å². The number of hydrogen-bond acceptors (Lipinski definition) is 0. The summed E-state index contributed by atoms with van der Waals surface area (Å²) in [4.78, 5) is 0. The number of aryl methyl sites for hydroxylation is 1. The van der Waals surface area contributed by atoms with Gasteiger partial charge in [0.05, 0.1) is 0 Å². The highest BCUT2D eigenvalue weighted by Crippen LogP contribution is 2.60. The molecule has 0 fully saturated rings. The van der Waals surface area contributed by atoms with Gasteiger partial charge in [-0.2, -0.15) is 0 Å². The smallest absolute Gasteiger partial charge is 0.0219 e. The van der Waals surface area contributed by atoms with E-state index >= 15 is 0 Å². The van der Waals surface area contributed by atoms with Gasteiger partial charge in [-0.05, 0) is 86.4 Å². The molecule has 0 aliphatic heterocycles. The summed E-state index contributed by atoms with van der Waals surface area (Å²) in [6.07, 6.45) is 16.5. The average Bonchev–Trinajstić information content (AvgIpc) is 3.37. The lowest BCUT2D eigenvalue weighted by molar-refractivity contribution is 0.164. The fourth-order valence-corrected chi connectivity index (χ4v) is 6.57. The molecule has 3 aliphatic carbocycles. The fourth-order valence-electron chi connectivity index (χ4n) is 6.57. The topological polar surface area (TPSA) is 0 Å². The van der Waals surface area contributed by atoms with Crippen molar-refractivity contribution in [2.75, 3.05) is 0 Å². The first-order valence-electron chi connectivity index (χ1n) is 12.7. The van der Waals surface area contributed by atoms with Crippen LogP contribution in [0, 0.1) is 10.8 Å². The number of rotatable bonds is 4. The molecule has 1 atom stereocenters. The van der Waals surface area contributed by atoms with Gasteiger partial charge < -0.3 is 0 Å². The van der Waals surface area contributed by atoms with Crippen LogP contribution in [-0.4, -0.2) is 0 Å². The second-order valence-corrected chi connectivity index (χ2v) is 11.9. The average molecular weight is 427 g/mol. The Labute approximate surface area is 196 Å². The highest BCUT2D eigenvalue weighted by molar-refractivity contribution is 5.93. The molecule has 0 bridgehead atoms. The summed E-state index contributed by atoms with van der Waals surface area (Å²) in [6.45, 7) is 21.4. The van der Waals surface area contributed by atoms with E-state index in [-0.39, 0.29) is 16.2 Å². The molecule has 1 unspecified atom stereocenters. The van der Waals surface area contributed by atoms with Gasteiger partial charge in [0.15, 0.2) is 0 Å². The molecule has 0 nitrogen and oxygen atoms in total. The number of hydrogen-bond donors (Lipinski definition) is 0. The van der Waals surface area contributed by atoms with Crippen molar-refractivity contribution in [1.82, 2.24) is 0 Å². The number of allylic oxidation sites excluding steroid dienone is 8. The number of benzene rings is 1. The van der Waals surface area contributed by atoms with Crippen LogP contribution in [0.5, 0.6) is 0 Å². The molecule has 0 N–H and O–H groups in total. The van der Waals surface area contributed by atoms with Crippen LogP contribution in [0.25, 0.3) is 11.6 Å². The molecule has 0 heterocycles. The molecule has 3 aliphatic rings. The summed E-state index contributed by atoms with van der Waals surface area (Å²) in [5.41, 5.74) is 11.0. The van der Waals surface area contributed by atoms with Crippen molar-refractivity contribution in [3.05, 3.63) is 80.3 Å². The fraction of sp³-hybridized carbons (Fsp3) is 0.500. The lowest BCUT2D eigenvalue weighted by Gasteiger charge is -2.51.